The van der Waals surface area contributed by atoms with E-state index in [0.717, 1.165) is 38.3 Å². The maximum absolute atomic E-state index is 12.8. The van der Waals surface area contributed by atoms with Gasteiger partial charge in [-0.15, -0.1) is 0 Å². The predicted molar refractivity (Wildman–Crippen MR) is 96.4 cm³/mol. The van der Waals surface area contributed by atoms with Crippen LogP contribution in [0.5, 0.6) is 0 Å². The second kappa shape index (κ2) is 7.46. The van der Waals surface area contributed by atoms with Crippen molar-refractivity contribution in [3.8, 4) is 0 Å². The molecule has 0 spiro atoms. The second-order valence-electron chi connectivity index (χ2n) is 7.81. The molecule has 1 aliphatic heterocycles. The van der Waals surface area contributed by atoms with Crippen LogP contribution in [-0.4, -0.2) is 48.8 Å². The summed E-state index contributed by atoms with van der Waals surface area (Å²) in [6.45, 7) is 4.35. The number of amides is 1. The Labute approximate surface area is 150 Å². The Morgan fingerprint density at radius 2 is 2.08 bits per heavy atom. The number of benzene rings is 1. The molecule has 136 valence electrons. The summed E-state index contributed by atoms with van der Waals surface area (Å²) in [5.74, 6) is 1.04. The SMILES string of the molecule is Cc1ccccc1CCC(=O)N1CCO[C@H]2[C@H](OCC3CC3)CC[C@@H]21. The lowest BCUT2D eigenvalue weighted by molar-refractivity contribution is -0.151. The van der Waals surface area contributed by atoms with Crippen molar-refractivity contribution in [3.05, 3.63) is 35.4 Å². The highest BCUT2D eigenvalue weighted by molar-refractivity contribution is 5.77. The predicted octanol–water partition coefficient (Wildman–Crippen LogP) is 3.11. The molecule has 0 bridgehead atoms. The Hall–Kier alpha value is -1.39. The molecule has 3 aliphatic rings. The number of nitrogens with zero attached hydrogens (tertiary/aromatic N) is 1. The number of morpholine rings is 1. The van der Waals surface area contributed by atoms with Crippen LogP contribution in [0.3, 0.4) is 0 Å². The molecule has 4 heteroatoms. The number of fused-ring (bicyclic) bond motifs is 1. The van der Waals surface area contributed by atoms with Gasteiger partial charge in [-0.25, -0.2) is 0 Å². The van der Waals surface area contributed by atoms with Crippen molar-refractivity contribution in [2.45, 2.75) is 63.7 Å². The van der Waals surface area contributed by atoms with Gasteiger partial charge < -0.3 is 14.4 Å². The molecule has 2 saturated carbocycles. The summed E-state index contributed by atoms with van der Waals surface area (Å²) in [4.78, 5) is 14.9. The summed E-state index contributed by atoms with van der Waals surface area (Å²) in [7, 11) is 0. The van der Waals surface area contributed by atoms with Gasteiger partial charge in [0.1, 0.15) is 6.10 Å². The fourth-order valence-electron chi connectivity index (χ4n) is 4.22. The highest BCUT2D eigenvalue weighted by Crippen LogP contribution is 2.35. The normalized spacial score (nSPS) is 28.8. The standard InChI is InChI=1S/C21H29NO3/c1-15-4-2-3-5-17(15)8-11-20(23)22-12-13-24-21-18(22)9-10-19(21)25-14-16-6-7-16/h2-5,16,18-19,21H,6-14H2,1H3/t18-,19+,21+/m0/s1. The second-order valence-corrected chi connectivity index (χ2v) is 7.81. The third kappa shape index (κ3) is 3.90. The Kier molecular flexibility index (Phi) is 5.09. The maximum atomic E-state index is 12.8. The van der Waals surface area contributed by atoms with Gasteiger partial charge in [0.25, 0.3) is 0 Å². The zero-order valence-electron chi connectivity index (χ0n) is 15.2. The molecule has 1 saturated heterocycles. The Balaban J connectivity index is 1.33. The number of carbonyl (C=O) groups excluding carboxylic acids is 1. The van der Waals surface area contributed by atoms with Crippen molar-refractivity contribution < 1.29 is 14.3 Å². The first-order chi connectivity index (χ1) is 12.2. The Morgan fingerprint density at radius 3 is 2.88 bits per heavy atom. The molecule has 0 aromatic heterocycles. The van der Waals surface area contributed by atoms with Crippen molar-refractivity contribution in [3.63, 3.8) is 0 Å². The van der Waals surface area contributed by atoms with Crippen LogP contribution in [0.1, 0.15) is 43.2 Å². The molecule has 3 fully saturated rings. The largest absolute Gasteiger partial charge is 0.375 e. The molecule has 0 unspecified atom stereocenters. The van der Waals surface area contributed by atoms with Gasteiger partial charge in [-0.2, -0.15) is 0 Å². The van der Waals surface area contributed by atoms with Gasteiger partial charge in [0.05, 0.1) is 18.8 Å². The lowest BCUT2D eigenvalue weighted by atomic mass is 10.0. The van der Waals surface area contributed by atoms with Crippen LogP contribution in [0, 0.1) is 12.8 Å². The molecule has 1 aromatic carbocycles. The van der Waals surface area contributed by atoms with Crippen LogP contribution >= 0.6 is 0 Å². The maximum Gasteiger partial charge on any atom is 0.223 e. The lowest BCUT2D eigenvalue weighted by Crippen LogP contribution is -2.54. The van der Waals surface area contributed by atoms with Crippen molar-refractivity contribution in [2.24, 2.45) is 5.92 Å². The fourth-order valence-corrected chi connectivity index (χ4v) is 4.22. The quantitative estimate of drug-likeness (QED) is 0.797. The van der Waals surface area contributed by atoms with Gasteiger partial charge in [-0.1, -0.05) is 24.3 Å². The van der Waals surface area contributed by atoms with Crippen LogP contribution < -0.4 is 0 Å². The summed E-state index contributed by atoms with van der Waals surface area (Å²) in [6, 6.07) is 8.55. The van der Waals surface area contributed by atoms with Crippen molar-refractivity contribution >= 4 is 5.91 Å². The summed E-state index contributed by atoms with van der Waals surface area (Å²) in [6.07, 6.45) is 6.31. The monoisotopic (exact) mass is 343 g/mol. The molecular formula is C21H29NO3. The molecule has 4 nitrogen and oxygen atoms in total. The van der Waals surface area contributed by atoms with Crippen LogP contribution in [0.2, 0.25) is 0 Å². The van der Waals surface area contributed by atoms with E-state index < -0.39 is 0 Å². The van der Waals surface area contributed by atoms with Gasteiger partial charge in [0.2, 0.25) is 5.91 Å². The third-order valence-electron chi connectivity index (χ3n) is 5.97. The summed E-state index contributed by atoms with van der Waals surface area (Å²) in [5.41, 5.74) is 2.54. The molecular weight excluding hydrogens is 314 g/mol. The first kappa shape index (κ1) is 17.0. The van der Waals surface area contributed by atoms with Crippen LogP contribution in [0.25, 0.3) is 0 Å². The fraction of sp³-hybridized carbons (Fsp3) is 0.667. The smallest absolute Gasteiger partial charge is 0.223 e. The number of hydrogen-bond acceptors (Lipinski definition) is 3. The highest BCUT2D eigenvalue weighted by Gasteiger charge is 2.45. The molecule has 3 atom stereocenters. The van der Waals surface area contributed by atoms with E-state index in [2.05, 4.69) is 30.0 Å². The van der Waals surface area contributed by atoms with E-state index in [0.29, 0.717) is 13.0 Å². The molecule has 0 radical (unpaired) electrons. The molecule has 1 amide bonds. The van der Waals surface area contributed by atoms with E-state index in [1.54, 1.807) is 0 Å². The molecule has 0 N–H and O–H groups in total. The van der Waals surface area contributed by atoms with E-state index in [1.807, 2.05) is 6.07 Å². The van der Waals surface area contributed by atoms with E-state index in [1.165, 1.54) is 24.0 Å². The number of ether oxygens (including phenoxy) is 2. The zero-order chi connectivity index (χ0) is 17.2. The Bertz CT molecular complexity index is 613. The van der Waals surface area contributed by atoms with Crippen molar-refractivity contribution in [2.75, 3.05) is 19.8 Å². The van der Waals surface area contributed by atoms with E-state index in [-0.39, 0.29) is 24.2 Å². The summed E-state index contributed by atoms with van der Waals surface area (Å²) >= 11 is 0. The first-order valence-electron chi connectivity index (χ1n) is 9.79. The minimum Gasteiger partial charge on any atom is -0.375 e. The molecule has 4 rings (SSSR count). The number of aryl methyl sites for hydroxylation is 2. The molecule has 1 aromatic rings. The van der Waals surface area contributed by atoms with E-state index in [4.69, 9.17) is 9.47 Å². The zero-order valence-corrected chi connectivity index (χ0v) is 15.2. The van der Waals surface area contributed by atoms with Gasteiger partial charge in [0, 0.05) is 19.6 Å². The number of rotatable bonds is 6. The molecule has 1 heterocycles. The third-order valence-corrected chi connectivity index (χ3v) is 5.97. The summed E-state index contributed by atoms with van der Waals surface area (Å²) in [5, 5.41) is 0. The number of carbonyl (C=O) groups is 1. The molecule has 2 aliphatic carbocycles. The average Bonchev–Trinajstić information content (AvgIpc) is 3.37. The van der Waals surface area contributed by atoms with Crippen molar-refractivity contribution in [1.82, 2.24) is 4.90 Å². The van der Waals surface area contributed by atoms with E-state index >= 15 is 0 Å². The average molecular weight is 343 g/mol. The minimum atomic E-state index is 0.0786. The lowest BCUT2D eigenvalue weighted by Gasteiger charge is -2.39. The first-order valence-corrected chi connectivity index (χ1v) is 9.79. The van der Waals surface area contributed by atoms with Crippen molar-refractivity contribution in [1.29, 1.82) is 0 Å². The summed E-state index contributed by atoms with van der Waals surface area (Å²) < 4.78 is 12.1. The van der Waals surface area contributed by atoms with Crippen LogP contribution in [0.4, 0.5) is 0 Å². The molecule has 25 heavy (non-hydrogen) atoms. The van der Waals surface area contributed by atoms with Gasteiger partial charge in [-0.3, -0.25) is 4.79 Å². The Morgan fingerprint density at radius 1 is 1.24 bits per heavy atom. The van der Waals surface area contributed by atoms with Crippen LogP contribution in [-0.2, 0) is 20.7 Å². The minimum absolute atomic E-state index is 0.0786. The number of hydrogen-bond donors (Lipinski definition) is 0. The van der Waals surface area contributed by atoms with Gasteiger partial charge in [-0.05, 0) is 56.1 Å². The highest BCUT2D eigenvalue weighted by atomic mass is 16.5. The van der Waals surface area contributed by atoms with Crippen LogP contribution in [0.15, 0.2) is 24.3 Å². The topological polar surface area (TPSA) is 38.8 Å². The van der Waals surface area contributed by atoms with Gasteiger partial charge >= 0.3 is 0 Å². The van der Waals surface area contributed by atoms with Gasteiger partial charge in [0.15, 0.2) is 0 Å². The van der Waals surface area contributed by atoms with E-state index in [9.17, 15) is 4.79 Å².